The molecule has 0 N–H and O–H groups in total. The number of hydrogen-bond donors (Lipinski definition) is 0. The largest absolute Gasteiger partial charge is 0.460 e. The fraction of sp³-hybridized carbons (Fsp3) is 0.111. The molecule has 0 saturated heterocycles. The first kappa shape index (κ1) is 17.7. The Bertz CT molecular complexity index is 789. The van der Waals surface area contributed by atoms with Gasteiger partial charge in [0.05, 0.1) is 12.1 Å². The first-order chi connectivity index (χ1) is 11.2. The van der Waals surface area contributed by atoms with Gasteiger partial charge in [0.25, 0.3) is 0 Å². The van der Waals surface area contributed by atoms with Crippen LogP contribution in [0.3, 0.4) is 0 Å². The van der Waals surface area contributed by atoms with E-state index >= 15 is 0 Å². The summed E-state index contributed by atoms with van der Waals surface area (Å²) in [7, 11) is 0. The van der Waals surface area contributed by atoms with E-state index in [2.05, 4.69) is 5.16 Å². The van der Waals surface area contributed by atoms with Crippen molar-refractivity contribution in [2.45, 2.75) is 13.0 Å². The predicted molar refractivity (Wildman–Crippen MR) is 91.6 cm³/mol. The summed E-state index contributed by atoms with van der Waals surface area (Å²) >= 11 is 0. The number of benzene rings is 2. The molecular formula is C18H15ClFNO3. The average Bonchev–Trinajstić information content (AvgIpc) is 2.77. The van der Waals surface area contributed by atoms with E-state index in [9.17, 15) is 9.18 Å². The van der Waals surface area contributed by atoms with Crippen molar-refractivity contribution in [3.63, 3.8) is 0 Å². The third kappa shape index (κ3) is 4.43. The highest BCUT2D eigenvalue weighted by Gasteiger charge is 2.12. The van der Waals surface area contributed by atoms with Crippen molar-refractivity contribution in [3.8, 4) is 5.75 Å². The maximum absolute atomic E-state index is 13.5. The number of esters is 1. The molecule has 1 aliphatic rings. The smallest absolute Gasteiger partial charge is 0.312 e. The van der Waals surface area contributed by atoms with Crippen molar-refractivity contribution in [2.75, 3.05) is 0 Å². The minimum Gasteiger partial charge on any atom is -0.460 e. The second-order valence-electron chi connectivity index (χ2n) is 4.97. The van der Waals surface area contributed by atoms with Crippen molar-refractivity contribution < 1.29 is 18.8 Å². The molecule has 4 nitrogen and oxygen atoms in total. The zero-order valence-electron chi connectivity index (χ0n) is 12.6. The number of nitrogens with zero attached hydrogens (tertiary/aromatic N) is 1. The van der Waals surface area contributed by atoms with Crippen molar-refractivity contribution in [2.24, 2.45) is 5.16 Å². The van der Waals surface area contributed by atoms with Gasteiger partial charge in [0.2, 0.25) is 0 Å². The zero-order valence-corrected chi connectivity index (χ0v) is 13.5. The number of allylic oxidation sites excluding steroid dienone is 1. The number of hydrogen-bond acceptors (Lipinski definition) is 4. The first-order valence-electron chi connectivity index (χ1n) is 7.12. The van der Waals surface area contributed by atoms with Gasteiger partial charge in [0.1, 0.15) is 12.4 Å². The number of para-hydroxylation sites is 1. The number of ether oxygens (including phenoxy) is 1. The highest BCUT2D eigenvalue weighted by Crippen LogP contribution is 2.22. The van der Waals surface area contributed by atoms with Gasteiger partial charge in [-0.3, -0.25) is 4.79 Å². The molecule has 2 aromatic carbocycles. The Hall–Kier alpha value is -2.66. The van der Waals surface area contributed by atoms with Gasteiger partial charge in [-0.15, -0.1) is 12.4 Å². The molecule has 0 aromatic heterocycles. The number of oxime groups is 1. The maximum atomic E-state index is 13.5. The number of carbonyl (C=O) groups excluding carboxylic acids is 1. The van der Waals surface area contributed by atoms with Gasteiger partial charge in [-0.2, -0.15) is 0 Å². The summed E-state index contributed by atoms with van der Waals surface area (Å²) in [5, 5.41) is 3.93. The lowest BCUT2D eigenvalue weighted by molar-refractivity contribution is -0.143. The number of rotatable bonds is 4. The first-order valence-corrected chi connectivity index (χ1v) is 7.12. The van der Waals surface area contributed by atoms with Crippen LogP contribution in [0, 0.1) is 5.82 Å². The quantitative estimate of drug-likeness (QED) is 0.781. The Morgan fingerprint density at radius 3 is 2.67 bits per heavy atom. The van der Waals surface area contributed by atoms with Crippen molar-refractivity contribution in [1.82, 2.24) is 0 Å². The SMILES string of the molecule is Cl.O=C(CC1=NOc2ccccc2C=C1)OCc1ccccc1F. The molecule has 1 aliphatic heterocycles. The van der Waals surface area contributed by atoms with Crippen molar-refractivity contribution in [1.29, 1.82) is 0 Å². The van der Waals surface area contributed by atoms with E-state index in [-0.39, 0.29) is 25.4 Å². The van der Waals surface area contributed by atoms with Crippen LogP contribution in [0.4, 0.5) is 4.39 Å². The summed E-state index contributed by atoms with van der Waals surface area (Å²) in [6, 6.07) is 13.6. The molecule has 124 valence electrons. The predicted octanol–water partition coefficient (Wildman–Crippen LogP) is 4.14. The van der Waals surface area contributed by atoms with Gasteiger partial charge in [0.15, 0.2) is 5.75 Å². The second kappa shape index (κ2) is 8.26. The van der Waals surface area contributed by atoms with Crippen molar-refractivity contribution >= 4 is 30.2 Å². The van der Waals surface area contributed by atoms with Crippen LogP contribution in [0.25, 0.3) is 6.08 Å². The molecular weight excluding hydrogens is 333 g/mol. The molecule has 0 amide bonds. The van der Waals surface area contributed by atoms with Gasteiger partial charge in [0, 0.05) is 11.1 Å². The minimum absolute atomic E-state index is 0. The molecule has 24 heavy (non-hydrogen) atoms. The monoisotopic (exact) mass is 347 g/mol. The van der Waals surface area contributed by atoms with Crippen LogP contribution in [0.2, 0.25) is 0 Å². The van der Waals surface area contributed by atoms with E-state index in [1.165, 1.54) is 6.07 Å². The van der Waals surface area contributed by atoms with Crippen molar-refractivity contribution in [3.05, 3.63) is 71.6 Å². The molecule has 0 atom stereocenters. The normalized spacial score (nSPS) is 12.1. The Balaban J connectivity index is 0.00000208. The highest BCUT2D eigenvalue weighted by molar-refractivity contribution is 6.07. The third-order valence-corrected chi connectivity index (χ3v) is 3.31. The van der Waals surface area contributed by atoms with Gasteiger partial charge in [-0.05, 0) is 24.3 Å². The van der Waals surface area contributed by atoms with E-state index in [4.69, 9.17) is 9.57 Å². The van der Waals surface area contributed by atoms with Crippen LogP contribution in [-0.2, 0) is 16.1 Å². The fourth-order valence-corrected chi connectivity index (χ4v) is 2.09. The molecule has 0 fully saturated rings. The molecule has 0 aliphatic carbocycles. The molecule has 0 bridgehead atoms. The Morgan fingerprint density at radius 1 is 1.08 bits per heavy atom. The summed E-state index contributed by atoms with van der Waals surface area (Å²) < 4.78 is 18.5. The second-order valence-corrected chi connectivity index (χ2v) is 4.97. The van der Waals surface area contributed by atoms with E-state index < -0.39 is 11.8 Å². The maximum Gasteiger partial charge on any atom is 0.312 e. The zero-order chi connectivity index (χ0) is 16.1. The fourth-order valence-electron chi connectivity index (χ4n) is 2.09. The van der Waals surface area contributed by atoms with Crippen LogP contribution in [0.15, 0.2) is 59.8 Å². The van der Waals surface area contributed by atoms with Crippen LogP contribution in [0.1, 0.15) is 17.5 Å². The third-order valence-electron chi connectivity index (χ3n) is 3.31. The van der Waals surface area contributed by atoms with E-state index in [1.807, 2.05) is 24.3 Å². The van der Waals surface area contributed by atoms with E-state index in [0.717, 1.165) is 5.56 Å². The summed E-state index contributed by atoms with van der Waals surface area (Å²) in [5.74, 6) is -0.268. The topological polar surface area (TPSA) is 47.9 Å². The number of halogens is 2. The van der Waals surface area contributed by atoms with Crippen LogP contribution >= 0.6 is 12.4 Å². The van der Waals surface area contributed by atoms with Crippen LogP contribution < -0.4 is 4.84 Å². The number of fused-ring (bicyclic) bond motifs is 1. The lowest BCUT2D eigenvalue weighted by atomic mass is 10.1. The van der Waals surface area contributed by atoms with Gasteiger partial charge >= 0.3 is 5.97 Å². The van der Waals surface area contributed by atoms with Gasteiger partial charge in [-0.1, -0.05) is 41.6 Å². The Morgan fingerprint density at radius 2 is 1.83 bits per heavy atom. The van der Waals surface area contributed by atoms with Gasteiger partial charge in [-0.25, -0.2) is 4.39 Å². The summed E-state index contributed by atoms with van der Waals surface area (Å²) in [4.78, 5) is 17.2. The summed E-state index contributed by atoms with van der Waals surface area (Å²) in [5.41, 5.74) is 1.66. The standard InChI is InChI=1S/C18H14FNO3.ClH/c19-16-7-3-1-6-14(16)12-22-18(21)11-15-10-9-13-5-2-4-8-17(13)23-20-15;/h1-10H,11-12H2;1H. The van der Waals surface area contributed by atoms with Gasteiger partial charge < -0.3 is 9.57 Å². The summed E-state index contributed by atoms with van der Waals surface area (Å²) in [6.45, 7) is -0.108. The molecule has 0 spiro atoms. The Labute approximate surface area is 145 Å². The molecule has 1 heterocycles. The van der Waals surface area contributed by atoms with Crippen LogP contribution in [0.5, 0.6) is 5.75 Å². The summed E-state index contributed by atoms with van der Waals surface area (Å²) in [6.07, 6.45) is 3.49. The highest BCUT2D eigenvalue weighted by atomic mass is 35.5. The van der Waals surface area contributed by atoms with E-state index in [1.54, 1.807) is 30.3 Å². The van der Waals surface area contributed by atoms with E-state index in [0.29, 0.717) is 17.0 Å². The number of carbonyl (C=O) groups is 1. The average molecular weight is 348 g/mol. The lowest BCUT2D eigenvalue weighted by Gasteiger charge is -2.05. The molecule has 2 aromatic rings. The lowest BCUT2D eigenvalue weighted by Crippen LogP contribution is -2.11. The Kier molecular flexibility index (Phi) is 6.09. The molecule has 0 saturated carbocycles. The van der Waals surface area contributed by atoms with Crippen LogP contribution in [-0.4, -0.2) is 11.7 Å². The molecule has 3 rings (SSSR count). The molecule has 6 heteroatoms. The molecule has 0 radical (unpaired) electrons. The molecule has 0 unspecified atom stereocenters. The minimum atomic E-state index is -0.494.